The Balaban J connectivity index is 1.92. The molecule has 1 heterocycles. The molecule has 1 atom stereocenters. The summed E-state index contributed by atoms with van der Waals surface area (Å²) in [5, 5.41) is 9.85. The lowest BCUT2D eigenvalue weighted by molar-refractivity contribution is 0.0622. The van der Waals surface area contributed by atoms with Gasteiger partial charge in [0.15, 0.2) is 0 Å². The molecule has 1 saturated carbocycles. The zero-order valence-electron chi connectivity index (χ0n) is 8.61. The van der Waals surface area contributed by atoms with Gasteiger partial charge in [-0.3, -0.25) is 4.98 Å². The number of nitrogens with zero attached hydrogens (tertiary/aromatic N) is 1. The molecule has 1 aromatic heterocycles. The molecule has 1 N–H and O–H groups in total. The quantitative estimate of drug-likeness (QED) is 0.793. The van der Waals surface area contributed by atoms with Crippen molar-refractivity contribution in [2.24, 2.45) is 5.92 Å². The van der Waals surface area contributed by atoms with Crippen molar-refractivity contribution in [2.75, 3.05) is 0 Å². The molecule has 1 unspecified atom stereocenters. The van der Waals surface area contributed by atoms with Crippen LogP contribution in [0.1, 0.15) is 30.5 Å². The SMILES string of the molecule is Cc1ccc(CC(O)C2CCC2)nc1. The highest BCUT2D eigenvalue weighted by Gasteiger charge is 2.25. The van der Waals surface area contributed by atoms with Gasteiger partial charge in [-0.15, -0.1) is 0 Å². The van der Waals surface area contributed by atoms with Gasteiger partial charge in [-0.05, 0) is 37.3 Å². The van der Waals surface area contributed by atoms with Crippen LogP contribution in [0.3, 0.4) is 0 Å². The minimum absolute atomic E-state index is 0.182. The molecule has 14 heavy (non-hydrogen) atoms. The molecule has 2 heteroatoms. The van der Waals surface area contributed by atoms with E-state index in [0.717, 1.165) is 5.69 Å². The van der Waals surface area contributed by atoms with Crippen molar-refractivity contribution in [1.29, 1.82) is 0 Å². The van der Waals surface area contributed by atoms with E-state index in [2.05, 4.69) is 11.1 Å². The predicted octanol–water partition coefficient (Wildman–Crippen LogP) is 2.09. The minimum Gasteiger partial charge on any atom is -0.392 e. The number of aryl methyl sites for hydroxylation is 1. The Hall–Kier alpha value is -0.890. The first kappa shape index (κ1) is 9.66. The van der Waals surface area contributed by atoms with Crippen molar-refractivity contribution < 1.29 is 5.11 Å². The summed E-state index contributed by atoms with van der Waals surface area (Å²) < 4.78 is 0. The van der Waals surface area contributed by atoms with Gasteiger partial charge in [-0.25, -0.2) is 0 Å². The number of rotatable bonds is 3. The second kappa shape index (κ2) is 4.09. The molecule has 2 rings (SSSR count). The standard InChI is InChI=1S/C12H17NO/c1-9-5-6-11(13-8-9)7-12(14)10-3-2-4-10/h5-6,8,10,12,14H,2-4,7H2,1H3. The number of hydrogen-bond acceptors (Lipinski definition) is 2. The molecule has 1 fully saturated rings. The molecule has 0 spiro atoms. The predicted molar refractivity (Wildman–Crippen MR) is 56.0 cm³/mol. The van der Waals surface area contributed by atoms with Crippen LogP contribution in [0, 0.1) is 12.8 Å². The molecule has 0 bridgehead atoms. The monoisotopic (exact) mass is 191 g/mol. The maximum absolute atomic E-state index is 9.85. The maximum Gasteiger partial charge on any atom is 0.0623 e. The van der Waals surface area contributed by atoms with Gasteiger partial charge in [0.05, 0.1) is 6.10 Å². The fraction of sp³-hybridized carbons (Fsp3) is 0.583. The summed E-state index contributed by atoms with van der Waals surface area (Å²) in [6, 6.07) is 4.06. The zero-order valence-corrected chi connectivity index (χ0v) is 8.61. The minimum atomic E-state index is -0.182. The van der Waals surface area contributed by atoms with Crippen LogP contribution in [0.2, 0.25) is 0 Å². The lowest BCUT2D eigenvalue weighted by atomic mass is 9.80. The molecule has 1 aliphatic rings. The van der Waals surface area contributed by atoms with Crippen molar-refractivity contribution in [2.45, 2.75) is 38.7 Å². The molecule has 76 valence electrons. The summed E-state index contributed by atoms with van der Waals surface area (Å²) in [6.07, 6.45) is 6.05. The van der Waals surface area contributed by atoms with Gasteiger partial charge in [-0.1, -0.05) is 12.5 Å². The number of aromatic nitrogens is 1. The Morgan fingerprint density at radius 1 is 1.50 bits per heavy atom. The van der Waals surface area contributed by atoms with Gasteiger partial charge in [0.25, 0.3) is 0 Å². The van der Waals surface area contributed by atoms with Gasteiger partial charge < -0.3 is 5.11 Å². The topological polar surface area (TPSA) is 33.1 Å². The Kier molecular flexibility index (Phi) is 2.82. The Bertz CT molecular complexity index is 290. The fourth-order valence-electron chi connectivity index (χ4n) is 1.82. The number of pyridine rings is 1. The Labute approximate surface area is 85.0 Å². The highest BCUT2D eigenvalue weighted by molar-refractivity contribution is 5.13. The van der Waals surface area contributed by atoms with Crippen LogP contribution >= 0.6 is 0 Å². The maximum atomic E-state index is 9.85. The van der Waals surface area contributed by atoms with Gasteiger partial charge in [-0.2, -0.15) is 0 Å². The molecule has 1 aromatic rings. The highest BCUT2D eigenvalue weighted by Crippen LogP contribution is 2.30. The van der Waals surface area contributed by atoms with E-state index in [9.17, 15) is 5.11 Å². The van der Waals surface area contributed by atoms with E-state index >= 15 is 0 Å². The van der Waals surface area contributed by atoms with E-state index < -0.39 is 0 Å². The van der Waals surface area contributed by atoms with Gasteiger partial charge in [0.1, 0.15) is 0 Å². The van der Waals surface area contributed by atoms with Crippen LogP contribution in [0.4, 0.5) is 0 Å². The summed E-state index contributed by atoms with van der Waals surface area (Å²) in [7, 11) is 0. The number of hydrogen-bond donors (Lipinski definition) is 1. The Morgan fingerprint density at radius 2 is 2.29 bits per heavy atom. The van der Waals surface area contributed by atoms with Crippen molar-refractivity contribution in [3.8, 4) is 0 Å². The van der Waals surface area contributed by atoms with Crippen LogP contribution in [-0.2, 0) is 6.42 Å². The van der Waals surface area contributed by atoms with Crippen LogP contribution in [-0.4, -0.2) is 16.2 Å². The lowest BCUT2D eigenvalue weighted by Crippen LogP contribution is -2.28. The molecule has 0 saturated heterocycles. The van der Waals surface area contributed by atoms with Crippen molar-refractivity contribution >= 4 is 0 Å². The zero-order chi connectivity index (χ0) is 9.97. The molecule has 0 aliphatic heterocycles. The third-order valence-electron chi connectivity index (χ3n) is 3.08. The molecule has 0 aromatic carbocycles. The first-order valence-corrected chi connectivity index (χ1v) is 5.35. The molecule has 0 amide bonds. The second-order valence-corrected chi connectivity index (χ2v) is 4.29. The second-order valence-electron chi connectivity index (χ2n) is 4.29. The van der Waals surface area contributed by atoms with Crippen LogP contribution in [0.15, 0.2) is 18.3 Å². The highest BCUT2D eigenvalue weighted by atomic mass is 16.3. The van der Waals surface area contributed by atoms with Gasteiger partial charge >= 0.3 is 0 Å². The third kappa shape index (κ3) is 2.13. The van der Waals surface area contributed by atoms with Crippen molar-refractivity contribution in [3.63, 3.8) is 0 Å². The van der Waals surface area contributed by atoms with Crippen molar-refractivity contribution in [1.82, 2.24) is 4.98 Å². The first-order valence-electron chi connectivity index (χ1n) is 5.35. The third-order valence-corrected chi connectivity index (χ3v) is 3.08. The lowest BCUT2D eigenvalue weighted by Gasteiger charge is -2.30. The molecule has 2 nitrogen and oxygen atoms in total. The number of aliphatic hydroxyl groups is 1. The van der Waals surface area contributed by atoms with Crippen molar-refractivity contribution in [3.05, 3.63) is 29.6 Å². The molecular weight excluding hydrogens is 174 g/mol. The van der Waals surface area contributed by atoms with E-state index in [1.807, 2.05) is 19.2 Å². The normalized spacial score (nSPS) is 19.0. The van der Waals surface area contributed by atoms with E-state index in [-0.39, 0.29) is 6.10 Å². The fourth-order valence-corrected chi connectivity index (χ4v) is 1.82. The molecular formula is C12H17NO. The Morgan fingerprint density at radius 3 is 2.79 bits per heavy atom. The summed E-state index contributed by atoms with van der Waals surface area (Å²) in [6.45, 7) is 2.03. The van der Waals surface area contributed by atoms with E-state index in [1.54, 1.807) is 0 Å². The van der Waals surface area contributed by atoms with E-state index in [0.29, 0.717) is 12.3 Å². The number of aliphatic hydroxyl groups excluding tert-OH is 1. The van der Waals surface area contributed by atoms with E-state index in [1.165, 1.54) is 24.8 Å². The van der Waals surface area contributed by atoms with Crippen LogP contribution < -0.4 is 0 Å². The smallest absolute Gasteiger partial charge is 0.0623 e. The molecule has 0 radical (unpaired) electrons. The largest absolute Gasteiger partial charge is 0.392 e. The summed E-state index contributed by atoms with van der Waals surface area (Å²) >= 11 is 0. The van der Waals surface area contributed by atoms with E-state index in [4.69, 9.17) is 0 Å². The van der Waals surface area contributed by atoms with Gasteiger partial charge in [0.2, 0.25) is 0 Å². The van der Waals surface area contributed by atoms with Crippen LogP contribution in [0.5, 0.6) is 0 Å². The summed E-state index contributed by atoms with van der Waals surface area (Å²) in [5.74, 6) is 0.526. The molecule has 1 aliphatic carbocycles. The average molecular weight is 191 g/mol. The summed E-state index contributed by atoms with van der Waals surface area (Å²) in [4.78, 5) is 4.30. The van der Waals surface area contributed by atoms with Crippen LogP contribution in [0.25, 0.3) is 0 Å². The van der Waals surface area contributed by atoms with Gasteiger partial charge in [0, 0.05) is 18.3 Å². The average Bonchev–Trinajstić information content (AvgIpc) is 2.06. The first-order chi connectivity index (χ1) is 6.75. The summed E-state index contributed by atoms with van der Waals surface area (Å²) in [5.41, 5.74) is 2.18.